The Kier molecular flexibility index (Phi) is 4.95. The highest BCUT2D eigenvalue weighted by Crippen LogP contribution is 2.33. The van der Waals surface area contributed by atoms with Crippen LogP contribution >= 0.6 is 0 Å². The maximum absolute atomic E-state index is 5.44. The standard InChI is InChI=1S/C22H22N4O3/c1-25(16-6-8-17(27-2)9-7-16)22-24-18(14-21-23-11-12-26(21)22)15-5-10-19(28-3)20(13-15)29-4/h5-14H,1-4H3. The normalized spacial score (nSPS) is 10.8. The fourth-order valence-corrected chi connectivity index (χ4v) is 3.21. The Balaban J connectivity index is 1.82. The van der Waals surface area contributed by atoms with E-state index in [0.717, 1.165) is 34.3 Å². The van der Waals surface area contributed by atoms with Crippen LogP contribution in [-0.4, -0.2) is 42.7 Å². The van der Waals surface area contributed by atoms with Gasteiger partial charge in [0, 0.05) is 36.8 Å². The molecular weight excluding hydrogens is 368 g/mol. The zero-order valence-electron chi connectivity index (χ0n) is 16.8. The van der Waals surface area contributed by atoms with Crippen LogP contribution in [0.15, 0.2) is 60.9 Å². The highest BCUT2D eigenvalue weighted by molar-refractivity contribution is 5.70. The van der Waals surface area contributed by atoms with Crippen molar-refractivity contribution in [3.63, 3.8) is 0 Å². The fraction of sp³-hybridized carbons (Fsp3) is 0.182. The van der Waals surface area contributed by atoms with Gasteiger partial charge in [0.15, 0.2) is 11.5 Å². The van der Waals surface area contributed by atoms with Gasteiger partial charge in [-0.15, -0.1) is 0 Å². The lowest BCUT2D eigenvalue weighted by molar-refractivity contribution is 0.355. The Morgan fingerprint density at radius 2 is 1.62 bits per heavy atom. The largest absolute Gasteiger partial charge is 0.497 e. The summed E-state index contributed by atoms with van der Waals surface area (Å²) < 4.78 is 18.0. The van der Waals surface area contributed by atoms with Gasteiger partial charge in [-0.1, -0.05) is 0 Å². The molecule has 0 atom stereocenters. The van der Waals surface area contributed by atoms with E-state index in [1.165, 1.54) is 0 Å². The van der Waals surface area contributed by atoms with Crippen LogP contribution in [0.2, 0.25) is 0 Å². The number of methoxy groups -OCH3 is 3. The van der Waals surface area contributed by atoms with Crippen molar-refractivity contribution in [3.05, 3.63) is 60.9 Å². The molecule has 7 heteroatoms. The molecule has 0 unspecified atom stereocenters. The summed E-state index contributed by atoms with van der Waals surface area (Å²) in [6.07, 6.45) is 3.66. The maximum atomic E-state index is 5.44. The van der Waals surface area contributed by atoms with Crippen molar-refractivity contribution in [2.75, 3.05) is 33.3 Å². The van der Waals surface area contributed by atoms with E-state index in [1.54, 1.807) is 27.5 Å². The molecule has 0 spiro atoms. The van der Waals surface area contributed by atoms with E-state index in [-0.39, 0.29) is 0 Å². The third-order valence-electron chi connectivity index (χ3n) is 4.81. The number of rotatable bonds is 6. The minimum atomic E-state index is 0.653. The molecule has 0 amide bonds. The molecule has 2 heterocycles. The minimum absolute atomic E-state index is 0.653. The number of anilines is 2. The van der Waals surface area contributed by atoms with E-state index >= 15 is 0 Å². The van der Waals surface area contributed by atoms with Gasteiger partial charge in [0.05, 0.1) is 27.0 Å². The van der Waals surface area contributed by atoms with Crippen LogP contribution < -0.4 is 19.1 Å². The lowest BCUT2D eigenvalue weighted by Crippen LogP contribution is -2.15. The summed E-state index contributed by atoms with van der Waals surface area (Å²) >= 11 is 0. The zero-order valence-corrected chi connectivity index (χ0v) is 16.8. The highest BCUT2D eigenvalue weighted by atomic mass is 16.5. The van der Waals surface area contributed by atoms with Crippen LogP contribution in [0.25, 0.3) is 16.9 Å². The third kappa shape index (κ3) is 3.42. The summed E-state index contributed by atoms with van der Waals surface area (Å²) in [6.45, 7) is 0. The molecule has 0 fully saturated rings. The molecular formula is C22H22N4O3. The molecule has 29 heavy (non-hydrogen) atoms. The van der Waals surface area contributed by atoms with E-state index in [9.17, 15) is 0 Å². The molecule has 0 bridgehead atoms. The second kappa shape index (κ2) is 7.71. The van der Waals surface area contributed by atoms with Gasteiger partial charge in [-0.05, 0) is 42.5 Å². The Morgan fingerprint density at radius 1 is 0.862 bits per heavy atom. The van der Waals surface area contributed by atoms with Crippen molar-refractivity contribution in [3.8, 4) is 28.5 Å². The van der Waals surface area contributed by atoms with E-state index in [0.29, 0.717) is 11.5 Å². The average Bonchev–Trinajstić information content (AvgIpc) is 3.26. The lowest BCUT2D eigenvalue weighted by Gasteiger charge is -2.21. The second-order valence-electron chi connectivity index (χ2n) is 6.42. The Bertz CT molecular complexity index is 1140. The number of hydrogen-bond acceptors (Lipinski definition) is 6. The number of benzene rings is 2. The van der Waals surface area contributed by atoms with E-state index in [4.69, 9.17) is 19.2 Å². The van der Waals surface area contributed by atoms with E-state index in [2.05, 4.69) is 4.98 Å². The topological polar surface area (TPSA) is 61.1 Å². The summed E-state index contributed by atoms with van der Waals surface area (Å²) in [4.78, 5) is 11.4. The van der Waals surface area contributed by atoms with Crippen LogP contribution in [0.1, 0.15) is 0 Å². The molecule has 0 saturated heterocycles. The fourth-order valence-electron chi connectivity index (χ4n) is 3.21. The van der Waals surface area contributed by atoms with Gasteiger partial charge in [0.1, 0.15) is 11.4 Å². The van der Waals surface area contributed by atoms with Crippen molar-refractivity contribution in [1.29, 1.82) is 0 Å². The molecule has 7 nitrogen and oxygen atoms in total. The molecule has 0 aliphatic carbocycles. The Morgan fingerprint density at radius 3 is 2.31 bits per heavy atom. The number of hydrogen-bond donors (Lipinski definition) is 0. The number of ether oxygens (including phenoxy) is 3. The predicted molar refractivity (Wildman–Crippen MR) is 113 cm³/mol. The summed E-state index contributed by atoms with van der Waals surface area (Å²) in [7, 11) is 6.87. The van der Waals surface area contributed by atoms with E-state index < -0.39 is 0 Å². The summed E-state index contributed by atoms with van der Waals surface area (Å²) in [5.41, 5.74) is 3.50. The molecule has 0 aliphatic heterocycles. The molecule has 0 N–H and O–H groups in total. The first kappa shape index (κ1) is 18.6. The third-order valence-corrected chi connectivity index (χ3v) is 4.81. The number of aromatic nitrogens is 3. The van der Waals surface area contributed by atoms with Crippen LogP contribution in [-0.2, 0) is 0 Å². The van der Waals surface area contributed by atoms with Crippen LogP contribution in [0.3, 0.4) is 0 Å². The molecule has 0 saturated carbocycles. The molecule has 148 valence electrons. The van der Waals surface area contributed by atoms with Crippen molar-refractivity contribution in [2.45, 2.75) is 0 Å². The summed E-state index contributed by atoms with van der Waals surface area (Å²) in [5, 5.41) is 0. The van der Waals surface area contributed by atoms with Crippen molar-refractivity contribution < 1.29 is 14.2 Å². The molecule has 0 aliphatic rings. The van der Waals surface area contributed by atoms with Gasteiger partial charge >= 0.3 is 0 Å². The van der Waals surface area contributed by atoms with Crippen LogP contribution in [0.5, 0.6) is 17.2 Å². The quantitative estimate of drug-likeness (QED) is 0.492. The Labute approximate surface area is 169 Å². The lowest BCUT2D eigenvalue weighted by atomic mass is 10.1. The van der Waals surface area contributed by atoms with Gasteiger partial charge in [0.2, 0.25) is 5.95 Å². The Hall–Kier alpha value is -3.74. The van der Waals surface area contributed by atoms with Gasteiger partial charge in [-0.25, -0.2) is 9.97 Å². The monoisotopic (exact) mass is 390 g/mol. The van der Waals surface area contributed by atoms with Crippen molar-refractivity contribution >= 4 is 17.3 Å². The first-order chi connectivity index (χ1) is 14.1. The SMILES string of the molecule is COc1ccc(N(C)c2nc(-c3ccc(OC)c(OC)c3)cc3nccn23)cc1. The first-order valence-electron chi connectivity index (χ1n) is 9.09. The summed E-state index contributed by atoms with van der Waals surface area (Å²) in [6, 6.07) is 15.5. The van der Waals surface area contributed by atoms with Gasteiger partial charge in [-0.3, -0.25) is 4.40 Å². The van der Waals surface area contributed by atoms with Crippen molar-refractivity contribution in [1.82, 2.24) is 14.4 Å². The van der Waals surface area contributed by atoms with Gasteiger partial charge in [-0.2, -0.15) is 0 Å². The van der Waals surface area contributed by atoms with Gasteiger partial charge < -0.3 is 19.1 Å². The molecule has 2 aromatic carbocycles. The maximum Gasteiger partial charge on any atom is 0.216 e. The number of fused-ring (bicyclic) bond motifs is 1. The first-order valence-corrected chi connectivity index (χ1v) is 9.09. The van der Waals surface area contributed by atoms with Crippen LogP contribution in [0, 0.1) is 0 Å². The summed E-state index contributed by atoms with van der Waals surface area (Å²) in [5.74, 6) is 2.88. The number of imidazole rings is 1. The smallest absolute Gasteiger partial charge is 0.216 e. The van der Waals surface area contributed by atoms with Gasteiger partial charge in [0.25, 0.3) is 0 Å². The molecule has 0 radical (unpaired) electrons. The zero-order chi connectivity index (χ0) is 20.4. The van der Waals surface area contributed by atoms with E-state index in [1.807, 2.05) is 71.1 Å². The second-order valence-corrected chi connectivity index (χ2v) is 6.42. The average molecular weight is 390 g/mol. The van der Waals surface area contributed by atoms with Crippen molar-refractivity contribution in [2.24, 2.45) is 0 Å². The molecule has 4 rings (SSSR count). The molecule has 2 aromatic heterocycles. The minimum Gasteiger partial charge on any atom is -0.497 e. The molecule has 4 aromatic rings. The highest BCUT2D eigenvalue weighted by Gasteiger charge is 2.15. The van der Waals surface area contributed by atoms with Crippen LogP contribution in [0.4, 0.5) is 11.6 Å². The number of nitrogens with zero attached hydrogens (tertiary/aromatic N) is 4. The predicted octanol–water partition coefficient (Wildman–Crippen LogP) is 4.19.